The highest BCUT2D eigenvalue weighted by Gasteiger charge is 2.24. The molecule has 2 heterocycles. The van der Waals surface area contributed by atoms with Crippen LogP contribution in [0, 0.1) is 0 Å². The number of guanidine groups is 1. The number of hydrogen-bond donors (Lipinski definition) is 2. The molecule has 182 valence electrons. The van der Waals surface area contributed by atoms with Crippen molar-refractivity contribution < 1.29 is 4.74 Å². The van der Waals surface area contributed by atoms with Crippen molar-refractivity contribution in [1.82, 2.24) is 25.3 Å². The lowest BCUT2D eigenvalue weighted by atomic mass is 10.1. The van der Waals surface area contributed by atoms with E-state index in [1.165, 1.54) is 31.5 Å². The Balaban J connectivity index is 0.00000363. The van der Waals surface area contributed by atoms with Crippen molar-refractivity contribution in [3.8, 4) is 5.75 Å². The van der Waals surface area contributed by atoms with Gasteiger partial charge < -0.3 is 20.3 Å². The van der Waals surface area contributed by atoms with Crippen molar-refractivity contribution in [2.75, 3.05) is 79.1 Å². The molecule has 7 nitrogen and oxygen atoms in total. The monoisotopic (exact) mass is 558 g/mol. The molecule has 0 aromatic heterocycles. The summed E-state index contributed by atoms with van der Waals surface area (Å²) in [5.41, 5.74) is 1.29. The third-order valence-electron chi connectivity index (χ3n) is 6.46. The van der Waals surface area contributed by atoms with Crippen LogP contribution in [0.4, 0.5) is 0 Å². The Hall–Kier alpha value is -1.10. The molecule has 8 heteroatoms. The lowest BCUT2D eigenvalue weighted by Crippen LogP contribution is -2.49. The predicted octanol–water partition coefficient (Wildman–Crippen LogP) is 2.64. The van der Waals surface area contributed by atoms with Crippen LogP contribution in [0.2, 0.25) is 0 Å². The zero-order chi connectivity index (χ0) is 21.9. The van der Waals surface area contributed by atoms with Gasteiger partial charge in [0.15, 0.2) is 5.96 Å². The highest BCUT2D eigenvalue weighted by molar-refractivity contribution is 14.0. The van der Waals surface area contributed by atoms with E-state index in [1.54, 1.807) is 7.11 Å². The molecule has 1 aromatic rings. The summed E-state index contributed by atoms with van der Waals surface area (Å²) in [6, 6.07) is 8.75. The van der Waals surface area contributed by atoms with E-state index >= 15 is 0 Å². The molecule has 0 saturated carbocycles. The van der Waals surface area contributed by atoms with E-state index < -0.39 is 0 Å². The van der Waals surface area contributed by atoms with Crippen molar-refractivity contribution >= 4 is 29.9 Å². The number of hydrogen-bond acceptors (Lipinski definition) is 5. The number of rotatable bonds is 10. The van der Waals surface area contributed by atoms with E-state index in [2.05, 4.69) is 57.4 Å². The van der Waals surface area contributed by atoms with Crippen molar-refractivity contribution in [3.05, 3.63) is 29.8 Å². The molecule has 1 atom stereocenters. The Kier molecular flexibility index (Phi) is 12.7. The maximum absolute atomic E-state index is 5.47. The van der Waals surface area contributed by atoms with E-state index in [4.69, 9.17) is 9.73 Å². The molecule has 32 heavy (non-hydrogen) atoms. The standard InChI is InChI=1S/C24H42N6O.HI/c1-4-25-24(26-11-14-29-17-15-28(5-2)16-18-29)27-20-23(30-12-6-7-13-30)21-9-8-10-22(19-21)31-3;/h8-10,19,23H,4-7,11-18,20H2,1-3H3,(H2,25,26,27);1H. The van der Waals surface area contributed by atoms with E-state index in [0.717, 1.165) is 70.6 Å². The first-order valence-corrected chi connectivity index (χ1v) is 12.1. The van der Waals surface area contributed by atoms with Crippen LogP contribution in [0.15, 0.2) is 29.3 Å². The minimum absolute atomic E-state index is 0. The van der Waals surface area contributed by atoms with Gasteiger partial charge in [-0.05, 0) is 57.1 Å². The summed E-state index contributed by atoms with van der Waals surface area (Å²) in [5.74, 6) is 1.83. The topological polar surface area (TPSA) is 55.4 Å². The van der Waals surface area contributed by atoms with E-state index in [9.17, 15) is 0 Å². The Bertz CT molecular complexity index is 674. The van der Waals surface area contributed by atoms with Gasteiger partial charge in [0.1, 0.15) is 5.75 Å². The molecule has 1 aromatic carbocycles. The lowest BCUT2D eigenvalue weighted by molar-refractivity contribution is 0.139. The zero-order valence-electron chi connectivity index (χ0n) is 20.2. The van der Waals surface area contributed by atoms with Crippen LogP contribution in [0.3, 0.4) is 0 Å². The van der Waals surface area contributed by atoms with Gasteiger partial charge in [-0.1, -0.05) is 19.1 Å². The Morgan fingerprint density at radius 2 is 1.75 bits per heavy atom. The van der Waals surface area contributed by atoms with Crippen LogP contribution in [0.25, 0.3) is 0 Å². The molecule has 2 aliphatic heterocycles. The molecular weight excluding hydrogens is 515 g/mol. The van der Waals surface area contributed by atoms with Crippen LogP contribution in [-0.4, -0.2) is 99.8 Å². The molecule has 2 aliphatic rings. The SMILES string of the molecule is CCNC(=NCC(c1cccc(OC)c1)N1CCCC1)NCCN1CCN(CC)CC1.I. The van der Waals surface area contributed by atoms with Gasteiger partial charge in [0.2, 0.25) is 0 Å². The zero-order valence-corrected chi connectivity index (χ0v) is 22.5. The Morgan fingerprint density at radius 1 is 1.03 bits per heavy atom. The third kappa shape index (κ3) is 8.35. The smallest absolute Gasteiger partial charge is 0.191 e. The van der Waals surface area contributed by atoms with Crippen molar-refractivity contribution in [2.45, 2.75) is 32.7 Å². The molecule has 0 spiro atoms. The Morgan fingerprint density at radius 3 is 2.41 bits per heavy atom. The predicted molar refractivity (Wildman–Crippen MR) is 144 cm³/mol. The molecule has 0 amide bonds. The summed E-state index contributed by atoms with van der Waals surface area (Å²) in [5, 5.41) is 6.98. The number of nitrogens with zero attached hydrogens (tertiary/aromatic N) is 4. The van der Waals surface area contributed by atoms with Crippen LogP contribution in [0.1, 0.15) is 38.3 Å². The summed E-state index contributed by atoms with van der Waals surface area (Å²) in [4.78, 5) is 12.6. The summed E-state index contributed by atoms with van der Waals surface area (Å²) in [6.45, 7) is 16.1. The molecule has 0 bridgehead atoms. The van der Waals surface area contributed by atoms with Gasteiger partial charge in [-0.15, -0.1) is 24.0 Å². The molecule has 2 fully saturated rings. The number of aliphatic imine (C=N–C) groups is 1. The average molecular weight is 559 g/mol. The average Bonchev–Trinajstić information content (AvgIpc) is 3.34. The number of likely N-dealkylation sites (N-methyl/N-ethyl adjacent to an activating group) is 1. The van der Waals surface area contributed by atoms with Crippen LogP contribution in [-0.2, 0) is 0 Å². The normalized spacial score (nSPS) is 19.4. The van der Waals surface area contributed by atoms with Gasteiger partial charge in [-0.2, -0.15) is 0 Å². The number of methoxy groups -OCH3 is 1. The van der Waals surface area contributed by atoms with Crippen molar-refractivity contribution in [3.63, 3.8) is 0 Å². The number of halogens is 1. The van der Waals surface area contributed by atoms with Crippen molar-refractivity contribution in [2.24, 2.45) is 4.99 Å². The van der Waals surface area contributed by atoms with Crippen LogP contribution >= 0.6 is 24.0 Å². The fraction of sp³-hybridized carbons (Fsp3) is 0.708. The second kappa shape index (κ2) is 14.9. The molecule has 2 saturated heterocycles. The van der Waals surface area contributed by atoms with Crippen molar-refractivity contribution in [1.29, 1.82) is 0 Å². The third-order valence-corrected chi connectivity index (χ3v) is 6.46. The van der Waals surface area contributed by atoms with Gasteiger partial charge in [0, 0.05) is 45.8 Å². The van der Waals surface area contributed by atoms with E-state index in [1.807, 2.05) is 6.07 Å². The second-order valence-electron chi connectivity index (χ2n) is 8.46. The fourth-order valence-electron chi connectivity index (χ4n) is 4.51. The summed E-state index contributed by atoms with van der Waals surface area (Å²) in [6.07, 6.45) is 2.54. The van der Waals surface area contributed by atoms with Gasteiger partial charge in [0.25, 0.3) is 0 Å². The first-order valence-electron chi connectivity index (χ1n) is 12.1. The van der Waals surface area contributed by atoms with Gasteiger partial charge in [-0.3, -0.25) is 14.8 Å². The lowest BCUT2D eigenvalue weighted by Gasteiger charge is -2.34. The molecule has 0 radical (unpaired) electrons. The molecule has 3 rings (SSSR count). The van der Waals surface area contributed by atoms with Gasteiger partial charge in [-0.25, -0.2) is 0 Å². The maximum Gasteiger partial charge on any atom is 0.191 e. The number of nitrogens with one attached hydrogen (secondary N) is 2. The Labute approximate surface area is 212 Å². The molecule has 0 aliphatic carbocycles. The first-order chi connectivity index (χ1) is 15.2. The second-order valence-corrected chi connectivity index (χ2v) is 8.46. The molecule has 1 unspecified atom stereocenters. The van der Waals surface area contributed by atoms with Gasteiger partial charge in [0.05, 0.1) is 19.7 Å². The molecule has 2 N–H and O–H groups in total. The number of benzene rings is 1. The quantitative estimate of drug-likeness (QED) is 0.262. The van der Waals surface area contributed by atoms with Crippen LogP contribution < -0.4 is 15.4 Å². The molecular formula is C24H43IN6O. The summed E-state index contributed by atoms with van der Waals surface area (Å²) < 4.78 is 5.47. The summed E-state index contributed by atoms with van der Waals surface area (Å²) in [7, 11) is 1.73. The maximum atomic E-state index is 5.47. The highest BCUT2D eigenvalue weighted by atomic mass is 127. The number of likely N-dealkylation sites (tertiary alicyclic amines) is 1. The fourth-order valence-corrected chi connectivity index (χ4v) is 4.51. The first kappa shape index (κ1) is 27.1. The minimum atomic E-state index is 0. The largest absolute Gasteiger partial charge is 0.497 e. The van der Waals surface area contributed by atoms with E-state index in [0.29, 0.717) is 0 Å². The number of ether oxygens (including phenoxy) is 1. The van der Waals surface area contributed by atoms with Crippen LogP contribution in [0.5, 0.6) is 5.75 Å². The highest BCUT2D eigenvalue weighted by Crippen LogP contribution is 2.27. The van der Waals surface area contributed by atoms with Gasteiger partial charge >= 0.3 is 0 Å². The number of piperazine rings is 1. The minimum Gasteiger partial charge on any atom is -0.497 e. The van der Waals surface area contributed by atoms with E-state index in [-0.39, 0.29) is 30.0 Å². The summed E-state index contributed by atoms with van der Waals surface area (Å²) >= 11 is 0.